The number of imide groups is 1. The Kier molecular flexibility index (Phi) is 3.10. The maximum Gasteiger partial charge on any atom is 0.268 e. The van der Waals surface area contributed by atoms with Gasteiger partial charge in [-0.2, -0.15) is 0 Å². The summed E-state index contributed by atoms with van der Waals surface area (Å²) in [7, 11) is 0. The van der Waals surface area contributed by atoms with Crippen LogP contribution in [0.25, 0.3) is 0 Å². The molecular formula is C16H14N2O3. The van der Waals surface area contributed by atoms with Crippen LogP contribution in [0.15, 0.2) is 42.5 Å². The number of ether oxygens (including phenoxy) is 1. The van der Waals surface area contributed by atoms with E-state index in [1.165, 1.54) is 0 Å². The molecule has 2 aromatic carbocycles. The van der Waals surface area contributed by atoms with Gasteiger partial charge in [0.1, 0.15) is 5.75 Å². The first-order valence-corrected chi connectivity index (χ1v) is 6.64. The Morgan fingerprint density at radius 1 is 1.05 bits per heavy atom. The van der Waals surface area contributed by atoms with E-state index in [1.54, 1.807) is 42.5 Å². The maximum atomic E-state index is 12.6. The predicted octanol–water partition coefficient (Wildman–Crippen LogP) is 2.47. The molecule has 2 amide bonds. The maximum absolute atomic E-state index is 12.6. The van der Waals surface area contributed by atoms with E-state index in [2.05, 4.69) is 0 Å². The molecule has 0 atom stereocenters. The van der Waals surface area contributed by atoms with Crippen molar-refractivity contribution in [3.8, 4) is 5.75 Å². The Morgan fingerprint density at radius 3 is 2.52 bits per heavy atom. The lowest BCUT2D eigenvalue weighted by Gasteiger charge is -2.17. The molecule has 0 aromatic heterocycles. The van der Waals surface area contributed by atoms with Gasteiger partial charge in [-0.3, -0.25) is 9.59 Å². The fraction of sp³-hybridized carbons (Fsp3) is 0.125. The molecule has 0 fully saturated rings. The van der Waals surface area contributed by atoms with Gasteiger partial charge in [0, 0.05) is 5.69 Å². The van der Waals surface area contributed by atoms with Gasteiger partial charge in [-0.1, -0.05) is 18.2 Å². The SMILES string of the molecule is CCOc1ccccc1N1C(=O)c2cccc(N)c2C1=O. The van der Waals surface area contributed by atoms with Gasteiger partial charge >= 0.3 is 0 Å². The van der Waals surface area contributed by atoms with Crippen molar-refractivity contribution in [2.24, 2.45) is 0 Å². The molecule has 5 heteroatoms. The van der Waals surface area contributed by atoms with Gasteiger partial charge < -0.3 is 10.5 Å². The van der Waals surface area contributed by atoms with E-state index in [4.69, 9.17) is 10.5 Å². The molecule has 21 heavy (non-hydrogen) atoms. The number of benzene rings is 2. The largest absolute Gasteiger partial charge is 0.492 e. The van der Waals surface area contributed by atoms with Crippen molar-refractivity contribution >= 4 is 23.2 Å². The first-order valence-electron chi connectivity index (χ1n) is 6.64. The molecule has 0 bridgehead atoms. The number of carbonyl (C=O) groups excluding carboxylic acids is 2. The summed E-state index contributed by atoms with van der Waals surface area (Å²) >= 11 is 0. The number of amides is 2. The second kappa shape index (κ2) is 4.94. The Labute approximate surface area is 121 Å². The van der Waals surface area contributed by atoms with Crippen molar-refractivity contribution in [1.29, 1.82) is 0 Å². The summed E-state index contributed by atoms with van der Waals surface area (Å²) in [6.45, 7) is 2.29. The molecular weight excluding hydrogens is 268 g/mol. The van der Waals surface area contributed by atoms with Crippen LogP contribution in [0.4, 0.5) is 11.4 Å². The van der Waals surface area contributed by atoms with Crippen molar-refractivity contribution in [2.45, 2.75) is 6.92 Å². The zero-order valence-corrected chi connectivity index (χ0v) is 11.5. The van der Waals surface area contributed by atoms with Crippen molar-refractivity contribution < 1.29 is 14.3 Å². The van der Waals surface area contributed by atoms with E-state index in [9.17, 15) is 9.59 Å². The Morgan fingerprint density at radius 2 is 1.81 bits per heavy atom. The third-order valence-electron chi connectivity index (χ3n) is 3.35. The smallest absolute Gasteiger partial charge is 0.268 e. The summed E-state index contributed by atoms with van der Waals surface area (Å²) in [5, 5.41) is 0. The van der Waals surface area contributed by atoms with E-state index in [0.717, 1.165) is 4.90 Å². The number of nitrogens with zero attached hydrogens (tertiary/aromatic N) is 1. The molecule has 3 rings (SSSR count). The van der Waals surface area contributed by atoms with Crippen molar-refractivity contribution in [3.63, 3.8) is 0 Å². The highest BCUT2D eigenvalue weighted by Crippen LogP contribution is 2.36. The fourth-order valence-corrected chi connectivity index (χ4v) is 2.45. The van der Waals surface area contributed by atoms with Crippen molar-refractivity contribution in [3.05, 3.63) is 53.6 Å². The predicted molar refractivity (Wildman–Crippen MR) is 79.6 cm³/mol. The van der Waals surface area contributed by atoms with Crippen LogP contribution in [-0.4, -0.2) is 18.4 Å². The Hall–Kier alpha value is -2.82. The molecule has 0 spiro atoms. The van der Waals surface area contributed by atoms with E-state index in [0.29, 0.717) is 29.3 Å². The first kappa shape index (κ1) is 13.2. The van der Waals surface area contributed by atoms with Gasteiger partial charge in [0.15, 0.2) is 0 Å². The van der Waals surface area contributed by atoms with Crippen LogP contribution in [-0.2, 0) is 0 Å². The molecule has 1 heterocycles. The lowest BCUT2D eigenvalue weighted by molar-refractivity contribution is 0.0925. The summed E-state index contributed by atoms with van der Waals surface area (Å²) < 4.78 is 5.50. The van der Waals surface area contributed by atoms with Crippen LogP contribution in [0.2, 0.25) is 0 Å². The lowest BCUT2D eigenvalue weighted by Crippen LogP contribution is -2.30. The topological polar surface area (TPSA) is 72.6 Å². The Balaban J connectivity index is 2.13. The third-order valence-corrected chi connectivity index (χ3v) is 3.35. The average Bonchev–Trinajstić information content (AvgIpc) is 2.73. The van der Waals surface area contributed by atoms with E-state index < -0.39 is 5.91 Å². The molecule has 1 aliphatic heterocycles. The van der Waals surface area contributed by atoms with E-state index in [1.807, 2.05) is 6.92 Å². The van der Waals surface area contributed by atoms with E-state index >= 15 is 0 Å². The van der Waals surface area contributed by atoms with Crippen molar-refractivity contribution in [2.75, 3.05) is 17.2 Å². The van der Waals surface area contributed by atoms with Gasteiger partial charge in [0.05, 0.1) is 23.4 Å². The first-order chi connectivity index (χ1) is 10.1. The minimum Gasteiger partial charge on any atom is -0.492 e. The third kappa shape index (κ3) is 1.94. The average molecular weight is 282 g/mol. The van der Waals surface area contributed by atoms with Gasteiger partial charge in [0.2, 0.25) is 0 Å². The number of rotatable bonds is 3. The minimum atomic E-state index is -0.416. The number of fused-ring (bicyclic) bond motifs is 1. The molecule has 5 nitrogen and oxygen atoms in total. The highest BCUT2D eigenvalue weighted by atomic mass is 16.5. The molecule has 2 aromatic rings. The molecule has 106 valence electrons. The number of hydrogen-bond acceptors (Lipinski definition) is 4. The summed E-state index contributed by atoms with van der Waals surface area (Å²) in [5.74, 6) is -0.303. The van der Waals surface area contributed by atoms with Crippen LogP contribution < -0.4 is 15.4 Å². The number of nitrogen functional groups attached to an aromatic ring is 1. The van der Waals surface area contributed by atoms with Crippen LogP contribution in [0, 0.1) is 0 Å². The number of anilines is 2. The lowest BCUT2D eigenvalue weighted by atomic mass is 10.1. The quantitative estimate of drug-likeness (QED) is 0.693. The normalized spacial score (nSPS) is 13.5. The number of nitrogens with two attached hydrogens (primary N) is 1. The second-order valence-corrected chi connectivity index (χ2v) is 4.62. The molecule has 0 saturated heterocycles. The molecule has 0 radical (unpaired) electrons. The van der Waals surface area contributed by atoms with Gasteiger partial charge in [0.25, 0.3) is 11.8 Å². The van der Waals surface area contributed by atoms with E-state index in [-0.39, 0.29) is 11.5 Å². The molecule has 2 N–H and O–H groups in total. The van der Waals surface area contributed by atoms with Crippen molar-refractivity contribution in [1.82, 2.24) is 0 Å². The summed E-state index contributed by atoms with van der Waals surface area (Å²) in [5.41, 5.74) is 7.16. The zero-order valence-electron chi connectivity index (χ0n) is 11.5. The number of hydrogen-bond donors (Lipinski definition) is 1. The molecule has 0 aliphatic carbocycles. The number of para-hydroxylation sites is 2. The van der Waals surface area contributed by atoms with Gasteiger partial charge in [-0.25, -0.2) is 4.90 Å². The van der Waals surface area contributed by atoms with Crippen LogP contribution >= 0.6 is 0 Å². The molecule has 0 saturated carbocycles. The fourth-order valence-electron chi connectivity index (χ4n) is 2.45. The van der Waals surface area contributed by atoms with Crippen LogP contribution in [0.5, 0.6) is 5.75 Å². The van der Waals surface area contributed by atoms with Crippen LogP contribution in [0.3, 0.4) is 0 Å². The Bertz CT molecular complexity index is 740. The monoisotopic (exact) mass is 282 g/mol. The summed E-state index contributed by atoms with van der Waals surface area (Å²) in [6, 6.07) is 11.8. The zero-order chi connectivity index (χ0) is 15.0. The second-order valence-electron chi connectivity index (χ2n) is 4.62. The highest BCUT2D eigenvalue weighted by Gasteiger charge is 2.39. The highest BCUT2D eigenvalue weighted by molar-refractivity contribution is 6.36. The van der Waals surface area contributed by atoms with Gasteiger partial charge in [-0.15, -0.1) is 0 Å². The molecule has 1 aliphatic rings. The number of carbonyl (C=O) groups is 2. The van der Waals surface area contributed by atoms with Gasteiger partial charge in [-0.05, 0) is 31.2 Å². The minimum absolute atomic E-state index is 0.258. The summed E-state index contributed by atoms with van der Waals surface area (Å²) in [4.78, 5) is 26.2. The van der Waals surface area contributed by atoms with Crippen LogP contribution in [0.1, 0.15) is 27.6 Å². The summed E-state index contributed by atoms with van der Waals surface area (Å²) in [6.07, 6.45) is 0. The standard InChI is InChI=1S/C16H14N2O3/c1-2-21-13-9-4-3-8-12(13)18-15(19)10-6-5-7-11(17)14(10)16(18)20/h3-9H,2,17H2,1H3. The molecule has 0 unspecified atom stereocenters.